The first-order valence-electron chi connectivity index (χ1n) is 21.2. The predicted molar refractivity (Wildman–Crippen MR) is 255 cm³/mol. The Bertz CT molecular complexity index is 2870. The molecule has 3 heterocycles. The van der Waals surface area contributed by atoms with E-state index in [9.17, 15) is 0 Å². The minimum Gasteiger partial charge on any atom is -0.509 e. The summed E-state index contributed by atoms with van der Waals surface area (Å²) >= 11 is 0. The van der Waals surface area contributed by atoms with Gasteiger partial charge in [0, 0.05) is 50.0 Å². The molecule has 316 valence electrons. The fourth-order valence-corrected chi connectivity index (χ4v) is 8.38. The molecule has 9 rings (SSSR count). The molecule has 6 aromatic carbocycles. The number of rotatable bonds is 7. The maximum absolute atomic E-state index is 6.75. The smallest absolute Gasteiger partial charge is 0.135 e. The van der Waals surface area contributed by atoms with E-state index in [4.69, 9.17) is 9.72 Å². The van der Waals surface area contributed by atoms with Crippen LogP contribution in [-0.4, -0.2) is 9.55 Å². The Balaban J connectivity index is 0.00000529. The summed E-state index contributed by atoms with van der Waals surface area (Å²) in [5.74, 6) is 2.09. The van der Waals surface area contributed by atoms with Crippen molar-refractivity contribution in [3.63, 3.8) is 0 Å². The summed E-state index contributed by atoms with van der Waals surface area (Å²) in [7, 11) is 0. The van der Waals surface area contributed by atoms with Crippen molar-refractivity contribution in [2.75, 3.05) is 9.80 Å². The molecular weight excluding hydrogens is 940 g/mol. The van der Waals surface area contributed by atoms with Gasteiger partial charge in [-0.2, -0.15) is 6.07 Å². The topological polar surface area (TPSA) is 33.5 Å². The number of anilines is 2. The van der Waals surface area contributed by atoms with Gasteiger partial charge in [0.2, 0.25) is 0 Å². The molecule has 0 bridgehead atoms. The van der Waals surface area contributed by atoms with Crippen molar-refractivity contribution in [3.8, 4) is 39.6 Å². The van der Waals surface area contributed by atoms with E-state index in [1.807, 2.05) is 12.3 Å². The van der Waals surface area contributed by atoms with Gasteiger partial charge < -0.3 is 19.1 Å². The van der Waals surface area contributed by atoms with E-state index >= 15 is 0 Å². The number of para-hydroxylation sites is 1. The minimum absolute atomic E-state index is 0. The van der Waals surface area contributed by atoms with E-state index in [-0.39, 0.29) is 37.3 Å². The molecule has 0 saturated carbocycles. The van der Waals surface area contributed by atoms with Gasteiger partial charge in [-0.3, -0.25) is 0 Å². The van der Waals surface area contributed by atoms with E-state index in [0.717, 1.165) is 44.6 Å². The van der Waals surface area contributed by atoms with Gasteiger partial charge in [-0.25, -0.2) is 4.98 Å². The first-order chi connectivity index (χ1) is 29.1. The summed E-state index contributed by atoms with van der Waals surface area (Å²) in [4.78, 5) is 9.19. The third-order valence-electron chi connectivity index (χ3n) is 11.6. The Kier molecular flexibility index (Phi) is 11.3. The number of aromatic nitrogens is 2. The molecule has 6 heteroatoms. The number of nitrogens with zero attached hydrogens (tertiary/aromatic N) is 4. The fraction of sp³-hybridized carbons (Fsp3) is 0.214. The Morgan fingerprint density at radius 3 is 1.79 bits per heavy atom. The summed E-state index contributed by atoms with van der Waals surface area (Å²) in [6.07, 6.45) is 6.12. The van der Waals surface area contributed by atoms with Crippen LogP contribution in [0.4, 0.5) is 11.4 Å². The number of fused-ring (bicyclic) bond motifs is 3. The standard InChI is InChI=1S/C56H53N4O.Pt/c1-54(2,3)40-26-27-57-52(32-40)60-50-23-17-16-22-46(50)47-25-24-44(36-51(47)60)61-45-31-41(55(4,5)6)30-42(33-45)58-28-29-59(37-58)43-34-48(38-18-12-10-13-19-38)53(56(7,8)9)49(35-43)39-20-14-11-15-21-39;/h10-32,34-35,37H,1-9H3;/q-3;. The van der Waals surface area contributed by atoms with E-state index in [1.54, 1.807) is 0 Å². The second-order valence-corrected chi connectivity index (χ2v) is 19.2. The molecule has 0 radical (unpaired) electrons. The SMILES string of the molecule is CC(C)(C)c1cc(Oc2[c-]c3c(cc2)c2ccccc2n3-c2cc(C(C)(C)C)ccn2)[c-]c(N2C=CN(c3cc(-c4ccccc4)c(C(C)(C)C)c(-c4ccccc4)c3)[CH-]2)c1.[Pt]. The first kappa shape index (κ1) is 42.8. The van der Waals surface area contributed by atoms with Crippen molar-refractivity contribution >= 4 is 33.2 Å². The molecule has 0 aliphatic carbocycles. The third kappa shape index (κ3) is 8.36. The average Bonchev–Trinajstić information content (AvgIpc) is 3.87. The number of pyridine rings is 1. The van der Waals surface area contributed by atoms with Gasteiger partial charge >= 0.3 is 0 Å². The van der Waals surface area contributed by atoms with Gasteiger partial charge in [0.15, 0.2) is 0 Å². The Labute approximate surface area is 382 Å². The van der Waals surface area contributed by atoms with Crippen molar-refractivity contribution in [1.29, 1.82) is 0 Å². The van der Waals surface area contributed by atoms with Crippen LogP contribution in [0.1, 0.15) is 79.0 Å². The van der Waals surface area contributed by atoms with Crippen LogP contribution in [0, 0.1) is 18.8 Å². The van der Waals surface area contributed by atoms with Gasteiger partial charge in [0.25, 0.3) is 0 Å². The van der Waals surface area contributed by atoms with Crippen LogP contribution in [0.15, 0.2) is 152 Å². The van der Waals surface area contributed by atoms with Crippen LogP contribution < -0.4 is 14.5 Å². The predicted octanol–water partition coefficient (Wildman–Crippen LogP) is 14.7. The maximum Gasteiger partial charge on any atom is 0.135 e. The van der Waals surface area contributed by atoms with Crippen molar-refractivity contribution in [2.24, 2.45) is 0 Å². The van der Waals surface area contributed by atoms with Crippen LogP contribution in [0.5, 0.6) is 11.5 Å². The van der Waals surface area contributed by atoms with Crippen LogP contribution in [-0.2, 0) is 37.3 Å². The molecule has 0 spiro atoms. The summed E-state index contributed by atoms with van der Waals surface area (Å²) in [6, 6.07) is 54.7. The summed E-state index contributed by atoms with van der Waals surface area (Å²) in [5, 5.41) is 2.24. The molecule has 0 amide bonds. The van der Waals surface area contributed by atoms with Crippen molar-refractivity contribution in [3.05, 3.63) is 188 Å². The van der Waals surface area contributed by atoms with Gasteiger partial charge in [-0.1, -0.05) is 147 Å². The van der Waals surface area contributed by atoms with Gasteiger partial charge in [0.1, 0.15) is 5.82 Å². The molecular formula is C56H53N4OPt-3. The van der Waals surface area contributed by atoms with Crippen molar-refractivity contribution in [1.82, 2.24) is 9.55 Å². The van der Waals surface area contributed by atoms with Crippen LogP contribution in [0.25, 0.3) is 49.9 Å². The van der Waals surface area contributed by atoms with E-state index in [1.165, 1.54) is 33.4 Å². The van der Waals surface area contributed by atoms with Crippen LogP contribution in [0.3, 0.4) is 0 Å². The molecule has 8 aromatic rings. The van der Waals surface area contributed by atoms with E-state index < -0.39 is 0 Å². The molecule has 1 aliphatic heterocycles. The van der Waals surface area contributed by atoms with Gasteiger partial charge in [-0.15, -0.1) is 53.6 Å². The maximum atomic E-state index is 6.75. The van der Waals surface area contributed by atoms with Gasteiger partial charge in [-0.05, 0) is 97.7 Å². The number of ether oxygens (including phenoxy) is 1. The average molecular weight is 993 g/mol. The molecule has 2 aromatic heterocycles. The largest absolute Gasteiger partial charge is 0.509 e. The molecule has 0 saturated heterocycles. The fourth-order valence-electron chi connectivity index (χ4n) is 8.38. The second-order valence-electron chi connectivity index (χ2n) is 19.2. The molecule has 0 fully saturated rings. The third-order valence-corrected chi connectivity index (χ3v) is 11.6. The molecule has 62 heavy (non-hydrogen) atoms. The molecule has 0 atom stereocenters. The van der Waals surface area contributed by atoms with Gasteiger partial charge in [0.05, 0.1) is 0 Å². The summed E-state index contributed by atoms with van der Waals surface area (Å²) in [6.45, 7) is 22.4. The van der Waals surface area contributed by atoms with Crippen molar-refractivity contribution < 1.29 is 25.8 Å². The zero-order chi connectivity index (χ0) is 42.7. The first-order valence-corrected chi connectivity index (χ1v) is 21.2. The summed E-state index contributed by atoms with van der Waals surface area (Å²) < 4.78 is 8.95. The number of benzene rings is 6. The summed E-state index contributed by atoms with van der Waals surface area (Å²) in [5.41, 5.74) is 12.2. The second kappa shape index (κ2) is 16.4. The Hall–Kier alpha value is -5.90. The van der Waals surface area contributed by atoms with Crippen LogP contribution >= 0.6 is 0 Å². The molecule has 1 aliphatic rings. The monoisotopic (exact) mass is 992 g/mol. The molecule has 0 N–H and O–H groups in total. The zero-order valence-corrected chi connectivity index (χ0v) is 39.3. The quantitative estimate of drug-likeness (QED) is 0.149. The zero-order valence-electron chi connectivity index (χ0n) is 37.0. The molecule has 0 unspecified atom stereocenters. The van der Waals surface area contributed by atoms with Crippen molar-refractivity contribution in [2.45, 2.75) is 78.6 Å². The number of hydrogen-bond donors (Lipinski definition) is 0. The number of hydrogen-bond acceptors (Lipinski definition) is 4. The Morgan fingerprint density at radius 2 is 1.16 bits per heavy atom. The minimum atomic E-state index is -0.146. The van der Waals surface area contributed by atoms with E-state index in [0.29, 0.717) is 11.5 Å². The Morgan fingerprint density at radius 1 is 0.548 bits per heavy atom. The van der Waals surface area contributed by atoms with Crippen LogP contribution in [0.2, 0.25) is 0 Å². The molecule has 5 nitrogen and oxygen atoms in total. The van der Waals surface area contributed by atoms with E-state index in [2.05, 4.69) is 235 Å². The normalized spacial score (nSPS) is 13.2.